The highest BCUT2D eigenvalue weighted by molar-refractivity contribution is 5.20. The summed E-state index contributed by atoms with van der Waals surface area (Å²) in [5, 5.41) is 31.3. The van der Waals surface area contributed by atoms with Crippen molar-refractivity contribution in [3.8, 4) is 6.07 Å². The Hall–Kier alpha value is -0.630. The topological polar surface area (TPSA) is 73.5 Å². The third-order valence-corrected chi connectivity index (χ3v) is 8.85. The number of methoxy groups -OCH3 is 1. The predicted octanol–water partition coefficient (Wildman–Crippen LogP) is 3.27. The molecule has 0 amide bonds. The van der Waals surface area contributed by atoms with Crippen molar-refractivity contribution < 1.29 is 14.9 Å². The Morgan fingerprint density at radius 1 is 1.00 bits per heavy atom. The number of ether oxygens (including phenoxy) is 1. The first-order valence-electron chi connectivity index (χ1n) is 10.2. The highest BCUT2D eigenvalue weighted by atomic mass is 16.5. The van der Waals surface area contributed by atoms with Crippen LogP contribution in [0.1, 0.15) is 64.7 Å². The van der Waals surface area contributed by atoms with Crippen molar-refractivity contribution in [3.63, 3.8) is 0 Å². The van der Waals surface area contributed by atoms with Gasteiger partial charge in [0.05, 0.1) is 18.3 Å². The van der Waals surface area contributed by atoms with E-state index in [4.69, 9.17) is 4.74 Å². The van der Waals surface area contributed by atoms with Crippen LogP contribution in [-0.4, -0.2) is 35.1 Å². The highest BCUT2D eigenvalue weighted by Crippen LogP contribution is 2.65. The number of hydrogen-bond acceptors (Lipinski definition) is 4. The van der Waals surface area contributed by atoms with Gasteiger partial charge in [0.2, 0.25) is 0 Å². The molecule has 4 fully saturated rings. The monoisotopic (exact) mass is 347 g/mol. The van der Waals surface area contributed by atoms with E-state index in [9.17, 15) is 15.5 Å². The summed E-state index contributed by atoms with van der Waals surface area (Å²) in [5.74, 6) is 3.23. The quantitative estimate of drug-likeness (QED) is 0.752. The zero-order valence-corrected chi connectivity index (χ0v) is 15.7. The lowest BCUT2D eigenvalue weighted by molar-refractivity contribution is -0.136. The molecular formula is C21H33NO3. The van der Waals surface area contributed by atoms with E-state index in [2.05, 4.69) is 13.0 Å². The van der Waals surface area contributed by atoms with E-state index >= 15 is 0 Å². The molecule has 4 aliphatic rings. The van der Waals surface area contributed by atoms with Crippen molar-refractivity contribution in [3.05, 3.63) is 0 Å². The molecule has 4 aliphatic carbocycles. The number of rotatable bonds is 2. The van der Waals surface area contributed by atoms with Crippen LogP contribution in [0.25, 0.3) is 0 Å². The van der Waals surface area contributed by atoms with Gasteiger partial charge in [-0.25, -0.2) is 0 Å². The SMILES string of the molecule is COC[C@@]1(O)CC[C@H]2[C@H](CC[C@@H]3[C@@H]2CC[C@@]2(C)[C@H]3CCC2(O)C#N)C1. The van der Waals surface area contributed by atoms with E-state index in [0.29, 0.717) is 30.8 Å². The van der Waals surface area contributed by atoms with E-state index in [1.807, 2.05) is 0 Å². The van der Waals surface area contributed by atoms with Gasteiger partial charge in [-0.05, 0) is 87.4 Å². The third kappa shape index (κ3) is 2.50. The van der Waals surface area contributed by atoms with Gasteiger partial charge in [-0.15, -0.1) is 0 Å². The first-order valence-corrected chi connectivity index (χ1v) is 10.2. The average Bonchev–Trinajstić information content (AvgIpc) is 2.86. The molecule has 0 bridgehead atoms. The lowest BCUT2D eigenvalue weighted by Gasteiger charge is -2.57. The van der Waals surface area contributed by atoms with Gasteiger partial charge >= 0.3 is 0 Å². The molecule has 2 N–H and O–H groups in total. The minimum Gasteiger partial charge on any atom is -0.387 e. The van der Waals surface area contributed by atoms with E-state index in [1.54, 1.807) is 7.11 Å². The van der Waals surface area contributed by atoms with Gasteiger partial charge in [-0.2, -0.15) is 5.26 Å². The molecule has 25 heavy (non-hydrogen) atoms. The highest BCUT2D eigenvalue weighted by Gasteiger charge is 2.63. The van der Waals surface area contributed by atoms with Crippen LogP contribution >= 0.6 is 0 Å². The third-order valence-electron chi connectivity index (χ3n) is 8.85. The molecule has 4 heteroatoms. The maximum Gasteiger partial charge on any atom is 0.156 e. The Labute approximate surface area is 151 Å². The summed E-state index contributed by atoms with van der Waals surface area (Å²) in [6.45, 7) is 2.63. The molecule has 0 spiro atoms. The zero-order valence-electron chi connectivity index (χ0n) is 15.7. The number of aliphatic hydroxyl groups is 2. The fraction of sp³-hybridized carbons (Fsp3) is 0.952. The molecule has 0 aromatic heterocycles. The van der Waals surface area contributed by atoms with Crippen molar-refractivity contribution >= 4 is 0 Å². The first kappa shape index (κ1) is 17.8. The predicted molar refractivity (Wildman–Crippen MR) is 94.5 cm³/mol. The minimum absolute atomic E-state index is 0.221. The molecule has 4 rings (SSSR count). The second kappa shape index (κ2) is 5.94. The van der Waals surface area contributed by atoms with E-state index in [-0.39, 0.29) is 5.41 Å². The number of nitrogens with zero attached hydrogens (tertiary/aromatic N) is 1. The van der Waals surface area contributed by atoms with Gasteiger partial charge < -0.3 is 14.9 Å². The summed E-state index contributed by atoms with van der Waals surface area (Å²) in [6, 6.07) is 2.27. The van der Waals surface area contributed by atoms with Crippen molar-refractivity contribution in [1.29, 1.82) is 5.26 Å². The molecule has 0 heterocycles. The van der Waals surface area contributed by atoms with Crippen molar-refractivity contribution in [2.24, 2.45) is 35.0 Å². The van der Waals surface area contributed by atoms with Gasteiger partial charge in [0.25, 0.3) is 0 Å². The van der Waals surface area contributed by atoms with Gasteiger partial charge in [0, 0.05) is 12.5 Å². The Bertz CT molecular complexity index is 574. The van der Waals surface area contributed by atoms with Gasteiger partial charge in [0.15, 0.2) is 5.60 Å². The maximum absolute atomic E-state index is 10.9. The minimum atomic E-state index is -1.12. The lowest BCUT2D eigenvalue weighted by Crippen LogP contribution is -2.54. The molecule has 0 aromatic carbocycles. The fourth-order valence-electron chi connectivity index (χ4n) is 7.56. The average molecular weight is 347 g/mol. The van der Waals surface area contributed by atoms with Crippen molar-refractivity contribution in [2.45, 2.75) is 75.9 Å². The van der Waals surface area contributed by atoms with E-state index in [1.165, 1.54) is 12.8 Å². The molecule has 0 saturated heterocycles. The lowest BCUT2D eigenvalue weighted by atomic mass is 9.48. The van der Waals surface area contributed by atoms with E-state index < -0.39 is 11.2 Å². The van der Waals surface area contributed by atoms with Gasteiger partial charge in [-0.1, -0.05) is 6.92 Å². The zero-order chi connectivity index (χ0) is 17.9. The normalized spacial score (nSPS) is 54.9. The van der Waals surface area contributed by atoms with Crippen LogP contribution < -0.4 is 0 Å². The van der Waals surface area contributed by atoms with Crippen LogP contribution in [0.4, 0.5) is 0 Å². The van der Waals surface area contributed by atoms with Gasteiger partial charge in [0.1, 0.15) is 0 Å². The van der Waals surface area contributed by atoms with Crippen LogP contribution in [-0.2, 0) is 4.74 Å². The van der Waals surface area contributed by atoms with Crippen LogP contribution in [0.2, 0.25) is 0 Å². The molecule has 4 nitrogen and oxygen atoms in total. The summed E-state index contributed by atoms with van der Waals surface area (Å²) < 4.78 is 5.27. The van der Waals surface area contributed by atoms with Crippen LogP contribution in [0, 0.1) is 46.3 Å². The molecular weight excluding hydrogens is 314 g/mol. The second-order valence-corrected chi connectivity index (χ2v) is 9.80. The Balaban J connectivity index is 1.53. The summed E-state index contributed by atoms with van der Waals surface area (Å²) in [7, 11) is 1.68. The Morgan fingerprint density at radius 2 is 1.76 bits per heavy atom. The van der Waals surface area contributed by atoms with Crippen molar-refractivity contribution in [2.75, 3.05) is 13.7 Å². The molecule has 0 aromatic rings. The number of hydrogen-bond donors (Lipinski definition) is 2. The molecule has 140 valence electrons. The smallest absolute Gasteiger partial charge is 0.156 e. The maximum atomic E-state index is 10.9. The number of nitriles is 1. The summed E-state index contributed by atoms with van der Waals surface area (Å²) >= 11 is 0. The Morgan fingerprint density at radius 3 is 2.48 bits per heavy atom. The first-order chi connectivity index (χ1) is 11.9. The number of fused-ring (bicyclic) bond motifs is 5. The van der Waals surface area contributed by atoms with Crippen LogP contribution in [0.5, 0.6) is 0 Å². The van der Waals surface area contributed by atoms with Crippen LogP contribution in [0.3, 0.4) is 0 Å². The summed E-state index contributed by atoms with van der Waals surface area (Å²) in [4.78, 5) is 0. The fourth-order valence-corrected chi connectivity index (χ4v) is 7.56. The molecule has 0 aliphatic heterocycles. The van der Waals surface area contributed by atoms with Crippen LogP contribution in [0.15, 0.2) is 0 Å². The van der Waals surface area contributed by atoms with E-state index in [0.717, 1.165) is 50.4 Å². The molecule has 0 radical (unpaired) electrons. The summed E-state index contributed by atoms with van der Waals surface area (Å²) in [5.41, 5.74) is -1.97. The summed E-state index contributed by atoms with van der Waals surface area (Å²) in [6.07, 6.45) is 9.03. The van der Waals surface area contributed by atoms with Crippen molar-refractivity contribution in [1.82, 2.24) is 0 Å². The van der Waals surface area contributed by atoms with Gasteiger partial charge in [-0.3, -0.25) is 0 Å². The standard InChI is InChI=1S/C21H33NO3/c1-19-8-5-16-15-6-9-20(23,13-25-2)11-14(15)3-4-17(16)18(19)7-10-21(19,24)12-22/h14-18,23-24H,3-11,13H2,1-2H3/t14-,15+,16-,17-,18+,19+,20-,21?/m1/s1. The molecule has 4 saturated carbocycles. The Kier molecular flexibility index (Phi) is 4.22. The molecule has 1 unspecified atom stereocenters. The second-order valence-electron chi connectivity index (χ2n) is 9.80. The molecule has 8 atom stereocenters. The largest absolute Gasteiger partial charge is 0.387 e.